The number of anilines is 1. The molecule has 1 N–H and O–H groups in total. The SMILES string of the molecule is COc1ccc(C)cc1NS(=O)(=O)c1c(C)nn(C)c1F. The molecule has 0 bridgehead atoms. The molecule has 0 unspecified atom stereocenters. The topological polar surface area (TPSA) is 73.2 Å². The highest BCUT2D eigenvalue weighted by Gasteiger charge is 2.27. The number of halogens is 1. The Bertz CT molecular complexity index is 784. The fraction of sp³-hybridized carbons (Fsp3) is 0.308. The molecule has 1 heterocycles. The lowest BCUT2D eigenvalue weighted by Gasteiger charge is -2.12. The quantitative estimate of drug-likeness (QED) is 0.937. The van der Waals surface area contributed by atoms with Crippen molar-refractivity contribution in [3.8, 4) is 5.75 Å². The number of nitrogens with one attached hydrogen (secondary N) is 1. The summed E-state index contributed by atoms with van der Waals surface area (Å²) in [5.74, 6) is -0.558. The highest BCUT2D eigenvalue weighted by atomic mass is 32.2. The van der Waals surface area contributed by atoms with Crippen molar-refractivity contribution in [2.75, 3.05) is 11.8 Å². The van der Waals surface area contributed by atoms with Crippen LogP contribution in [0.3, 0.4) is 0 Å². The second kappa shape index (κ2) is 5.36. The Morgan fingerprint density at radius 3 is 2.52 bits per heavy atom. The maximum atomic E-state index is 13.9. The van der Waals surface area contributed by atoms with Gasteiger partial charge in [-0.15, -0.1) is 0 Å². The molecule has 8 heteroatoms. The van der Waals surface area contributed by atoms with Crippen LogP contribution in [0.25, 0.3) is 0 Å². The molecule has 0 atom stereocenters. The third-order valence-corrected chi connectivity index (χ3v) is 4.46. The summed E-state index contributed by atoms with van der Waals surface area (Å²) in [4.78, 5) is -0.464. The van der Waals surface area contributed by atoms with Crippen molar-refractivity contribution in [3.05, 3.63) is 35.4 Å². The summed E-state index contributed by atoms with van der Waals surface area (Å²) in [6.45, 7) is 3.25. The van der Waals surface area contributed by atoms with E-state index < -0.39 is 20.9 Å². The molecule has 2 aromatic rings. The molecule has 0 aliphatic heterocycles. The number of hydrogen-bond acceptors (Lipinski definition) is 4. The molecule has 0 amide bonds. The van der Waals surface area contributed by atoms with Crippen LogP contribution in [0, 0.1) is 19.8 Å². The average molecular weight is 313 g/mol. The normalized spacial score (nSPS) is 11.5. The van der Waals surface area contributed by atoms with Crippen LogP contribution in [-0.2, 0) is 17.1 Å². The summed E-state index contributed by atoms with van der Waals surface area (Å²) in [7, 11) is -1.32. The fourth-order valence-corrected chi connectivity index (χ4v) is 3.35. The highest BCUT2D eigenvalue weighted by Crippen LogP contribution is 2.29. The number of sulfonamides is 1. The highest BCUT2D eigenvalue weighted by molar-refractivity contribution is 7.92. The Morgan fingerprint density at radius 1 is 1.33 bits per heavy atom. The van der Waals surface area contributed by atoms with Crippen LogP contribution in [0.2, 0.25) is 0 Å². The van der Waals surface area contributed by atoms with E-state index >= 15 is 0 Å². The van der Waals surface area contributed by atoms with Gasteiger partial charge in [-0.2, -0.15) is 9.49 Å². The molecule has 0 saturated carbocycles. The van der Waals surface area contributed by atoms with Crippen LogP contribution in [0.4, 0.5) is 10.1 Å². The maximum Gasteiger partial charge on any atom is 0.268 e. The molecular formula is C13H16FN3O3S. The summed E-state index contributed by atoms with van der Waals surface area (Å²) >= 11 is 0. The van der Waals surface area contributed by atoms with Gasteiger partial charge >= 0.3 is 0 Å². The second-order valence-electron chi connectivity index (χ2n) is 4.64. The standard InChI is InChI=1S/C13H16FN3O3S/c1-8-5-6-11(20-4)10(7-8)16-21(18,19)12-9(2)15-17(3)13(12)14/h5-7,16H,1-4H3. The van der Waals surface area contributed by atoms with E-state index in [4.69, 9.17) is 4.74 Å². The van der Waals surface area contributed by atoms with Crippen molar-refractivity contribution >= 4 is 15.7 Å². The second-order valence-corrected chi connectivity index (χ2v) is 6.26. The predicted octanol–water partition coefficient (Wildman–Crippen LogP) is 1.99. The van der Waals surface area contributed by atoms with Gasteiger partial charge in [-0.3, -0.25) is 4.72 Å². The Morgan fingerprint density at radius 2 is 2.00 bits per heavy atom. The first-order valence-corrected chi connectivity index (χ1v) is 7.61. The molecule has 0 radical (unpaired) electrons. The largest absolute Gasteiger partial charge is 0.495 e. The van der Waals surface area contributed by atoms with Crippen molar-refractivity contribution in [2.24, 2.45) is 7.05 Å². The van der Waals surface area contributed by atoms with Crippen LogP contribution in [0.5, 0.6) is 5.75 Å². The van der Waals surface area contributed by atoms with Gasteiger partial charge in [-0.05, 0) is 31.5 Å². The molecule has 0 saturated heterocycles. The molecule has 0 aliphatic carbocycles. The van der Waals surface area contributed by atoms with E-state index in [1.807, 2.05) is 6.92 Å². The molecule has 0 aliphatic rings. The monoisotopic (exact) mass is 313 g/mol. The van der Waals surface area contributed by atoms with Crippen molar-refractivity contribution in [2.45, 2.75) is 18.7 Å². The number of hydrogen-bond donors (Lipinski definition) is 1. The number of aromatic nitrogens is 2. The number of benzene rings is 1. The third kappa shape index (κ3) is 2.85. The zero-order chi connectivity index (χ0) is 15.8. The number of aryl methyl sites for hydroxylation is 3. The van der Waals surface area contributed by atoms with Gasteiger partial charge in [0.25, 0.3) is 10.0 Å². The van der Waals surface area contributed by atoms with Crippen LogP contribution in [0.1, 0.15) is 11.3 Å². The number of rotatable bonds is 4. The summed E-state index contributed by atoms with van der Waals surface area (Å²) in [6.07, 6.45) is 0. The van der Waals surface area contributed by atoms with Gasteiger partial charge in [0.1, 0.15) is 5.75 Å². The molecule has 1 aromatic heterocycles. The Balaban J connectivity index is 2.50. The summed E-state index contributed by atoms with van der Waals surface area (Å²) in [5, 5.41) is 3.77. The molecule has 0 spiro atoms. The fourth-order valence-electron chi connectivity index (χ4n) is 2.01. The molecule has 2 rings (SSSR count). The van der Waals surface area contributed by atoms with E-state index in [1.54, 1.807) is 18.2 Å². The first-order valence-electron chi connectivity index (χ1n) is 6.13. The smallest absolute Gasteiger partial charge is 0.268 e. The number of ether oxygens (including phenoxy) is 1. The van der Waals surface area contributed by atoms with Crippen molar-refractivity contribution in [3.63, 3.8) is 0 Å². The van der Waals surface area contributed by atoms with Gasteiger partial charge in [-0.25, -0.2) is 13.1 Å². The first-order chi connectivity index (χ1) is 9.76. The van der Waals surface area contributed by atoms with Gasteiger partial charge < -0.3 is 4.74 Å². The first kappa shape index (κ1) is 15.3. The minimum atomic E-state index is -4.09. The molecule has 1 aromatic carbocycles. The van der Waals surface area contributed by atoms with Crippen LogP contribution < -0.4 is 9.46 Å². The van der Waals surface area contributed by atoms with Gasteiger partial charge in [0.05, 0.1) is 18.5 Å². The van der Waals surface area contributed by atoms with Gasteiger partial charge in [0.15, 0.2) is 4.90 Å². The third-order valence-electron chi connectivity index (χ3n) is 2.97. The molecule has 114 valence electrons. The van der Waals surface area contributed by atoms with E-state index in [2.05, 4.69) is 9.82 Å². The van der Waals surface area contributed by atoms with Crippen LogP contribution >= 0.6 is 0 Å². The van der Waals surface area contributed by atoms with E-state index in [0.29, 0.717) is 5.75 Å². The summed E-state index contributed by atoms with van der Waals surface area (Å²) in [5.41, 5.74) is 1.19. The lowest BCUT2D eigenvalue weighted by Crippen LogP contribution is -2.16. The lowest BCUT2D eigenvalue weighted by atomic mass is 10.2. The van der Waals surface area contributed by atoms with Crippen LogP contribution in [-0.4, -0.2) is 25.3 Å². The van der Waals surface area contributed by atoms with Crippen molar-refractivity contribution in [1.29, 1.82) is 0 Å². The van der Waals surface area contributed by atoms with E-state index in [-0.39, 0.29) is 11.4 Å². The summed E-state index contributed by atoms with van der Waals surface area (Å²) in [6, 6.07) is 5.03. The maximum absolute atomic E-state index is 13.9. The summed E-state index contributed by atoms with van der Waals surface area (Å²) < 4.78 is 47.0. The molecule has 6 nitrogen and oxygen atoms in total. The minimum Gasteiger partial charge on any atom is -0.495 e. The van der Waals surface area contributed by atoms with Crippen molar-refractivity contribution < 1.29 is 17.5 Å². The van der Waals surface area contributed by atoms with Crippen LogP contribution in [0.15, 0.2) is 23.1 Å². The average Bonchev–Trinajstić information content (AvgIpc) is 2.63. The van der Waals surface area contributed by atoms with Gasteiger partial charge in [0.2, 0.25) is 5.95 Å². The van der Waals surface area contributed by atoms with E-state index in [1.165, 1.54) is 21.1 Å². The van der Waals surface area contributed by atoms with Gasteiger partial charge in [0, 0.05) is 7.05 Å². The molecule has 0 fully saturated rings. The zero-order valence-electron chi connectivity index (χ0n) is 12.1. The Hall–Kier alpha value is -2.09. The van der Waals surface area contributed by atoms with E-state index in [0.717, 1.165) is 10.2 Å². The van der Waals surface area contributed by atoms with E-state index in [9.17, 15) is 12.8 Å². The molecular weight excluding hydrogens is 297 g/mol. The lowest BCUT2D eigenvalue weighted by molar-refractivity contribution is 0.416. The van der Waals surface area contributed by atoms with Crippen molar-refractivity contribution in [1.82, 2.24) is 9.78 Å². The Kier molecular flexibility index (Phi) is 3.91. The zero-order valence-corrected chi connectivity index (χ0v) is 13.0. The Labute approximate surface area is 122 Å². The number of methoxy groups -OCH3 is 1. The molecule has 21 heavy (non-hydrogen) atoms. The van der Waals surface area contributed by atoms with Gasteiger partial charge in [-0.1, -0.05) is 6.07 Å². The number of nitrogens with zero attached hydrogens (tertiary/aromatic N) is 2. The minimum absolute atomic E-state index is 0.0918. The predicted molar refractivity (Wildman–Crippen MR) is 76.4 cm³/mol.